The molecule has 0 atom stereocenters. The van der Waals surface area contributed by atoms with Crippen molar-refractivity contribution in [1.82, 2.24) is 19.7 Å². The second-order valence-electron chi connectivity index (χ2n) is 3.54. The number of nitrogens with zero attached hydrogens (tertiary/aromatic N) is 3. The summed E-state index contributed by atoms with van der Waals surface area (Å²) in [5.41, 5.74) is 0.441. The van der Waals surface area contributed by atoms with Gasteiger partial charge >= 0.3 is 0 Å². The number of aromatic nitrogens is 4. The fraction of sp³-hybridized carbons (Fsp3) is 0.182. The van der Waals surface area contributed by atoms with Gasteiger partial charge in [-0.25, -0.2) is 9.67 Å². The molecule has 0 spiro atoms. The van der Waals surface area contributed by atoms with E-state index in [4.69, 9.17) is 0 Å². The first-order valence-electron chi connectivity index (χ1n) is 5.31. The van der Waals surface area contributed by atoms with E-state index >= 15 is 0 Å². The summed E-state index contributed by atoms with van der Waals surface area (Å²) < 4.78 is 1.78. The van der Waals surface area contributed by atoms with Crippen molar-refractivity contribution >= 4 is 21.6 Å². The molecule has 0 unspecified atom stereocenters. The molecule has 2 rings (SSSR count). The molecular formula is C11H12BrN5O. The molecule has 18 heavy (non-hydrogen) atoms. The fourth-order valence-electron chi connectivity index (χ4n) is 1.41. The Morgan fingerprint density at radius 3 is 3.11 bits per heavy atom. The molecule has 2 aromatic rings. The highest BCUT2D eigenvalue weighted by atomic mass is 79.9. The molecular weight excluding hydrogens is 298 g/mol. The van der Waals surface area contributed by atoms with E-state index in [1.54, 1.807) is 24.7 Å². The van der Waals surface area contributed by atoms with Crippen molar-refractivity contribution in [3.63, 3.8) is 0 Å². The molecule has 0 saturated carbocycles. The quantitative estimate of drug-likeness (QED) is 0.821. The molecule has 0 aromatic carbocycles. The Morgan fingerprint density at radius 2 is 2.44 bits per heavy atom. The van der Waals surface area contributed by atoms with Crippen LogP contribution in [0.25, 0.3) is 0 Å². The Kier molecular flexibility index (Phi) is 3.93. The monoisotopic (exact) mass is 309 g/mol. The SMILES string of the molecule is C=CCn1ncc(NCc2ncc[nH]2)c(Br)c1=O. The summed E-state index contributed by atoms with van der Waals surface area (Å²) in [4.78, 5) is 18.9. The lowest BCUT2D eigenvalue weighted by atomic mass is 10.4. The molecule has 2 N–H and O–H groups in total. The van der Waals surface area contributed by atoms with Crippen molar-refractivity contribution in [3.8, 4) is 0 Å². The van der Waals surface area contributed by atoms with Gasteiger partial charge in [0.2, 0.25) is 0 Å². The lowest BCUT2D eigenvalue weighted by Gasteiger charge is -2.08. The van der Waals surface area contributed by atoms with Crippen molar-refractivity contribution in [2.45, 2.75) is 13.1 Å². The zero-order chi connectivity index (χ0) is 13.0. The average Bonchev–Trinajstić information content (AvgIpc) is 2.87. The van der Waals surface area contributed by atoms with Crippen LogP contribution in [-0.4, -0.2) is 19.7 Å². The van der Waals surface area contributed by atoms with Gasteiger partial charge in [0.25, 0.3) is 5.56 Å². The maximum atomic E-state index is 11.9. The van der Waals surface area contributed by atoms with E-state index in [9.17, 15) is 4.79 Å². The number of rotatable bonds is 5. The summed E-state index contributed by atoms with van der Waals surface area (Å²) in [6.45, 7) is 4.46. The molecule has 0 radical (unpaired) electrons. The predicted octanol–water partition coefficient (Wildman–Crippen LogP) is 1.53. The minimum absolute atomic E-state index is 0.195. The van der Waals surface area contributed by atoms with Crippen LogP contribution in [0.5, 0.6) is 0 Å². The van der Waals surface area contributed by atoms with E-state index in [1.807, 2.05) is 0 Å². The predicted molar refractivity (Wildman–Crippen MR) is 72.3 cm³/mol. The molecule has 2 aromatic heterocycles. The maximum absolute atomic E-state index is 11.9. The largest absolute Gasteiger partial charge is 0.375 e. The summed E-state index contributed by atoms with van der Waals surface area (Å²) in [6.07, 6.45) is 6.63. The molecule has 0 saturated heterocycles. The Balaban J connectivity index is 2.16. The number of hydrogen-bond acceptors (Lipinski definition) is 4. The summed E-state index contributed by atoms with van der Waals surface area (Å²) in [7, 11) is 0. The second-order valence-corrected chi connectivity index (χ2v) is 4.33. The molecule has 0 fully saturated rings. The van der Waals surface area contributed by atoms with Crippen LogP contribution in [0.2, 0.25) is 0 Å². The molecule has 0 aliphatic rings. The van der Waals surface area contributed by atoms with Gasteiger partial charge in [-0.3, -0.25) is 4.79 Å². The molecule has 0 bridgehead atoms. The fourth-order valence-corrected chi connectivity index (χ4v) is 1.86. The smallest absolute Gasteiger partial charge is 0.283 e. The number of nitrogens with one attached hydrogen (secondary N) is 2. The van der Waals surface area contributed by atoms with Crippen molar-refractivity contribution in [3.05, 3.63) is 51.9 Å². The number of H-pyrrole nitrogens is 1. The van der Waals surface area contributed by atoms with Gasteiger partial charge in [-0.2, -0.15) is 5.10 Å². The Hall–Kier alpha value is -1.89. The third kappa shape index (κ3) is 2.67. The minimum Gasteiger partial charge on any atom is -0.375 e. The first-order valence-corrected chi connectivity index (χ1v) is 6.10. The van der Waals surface area contributed by atoms with Gasteiger partial charge in [-0.05, 0) is 15.9 Å². The van der Waals surface area contributed by atoms with E-state index < -0.39 is 0 Å². The second kappa shape index (κ2) is 5.63. The molecule has 0 aliphatic carbocycles. The summed E-state index contributed by atoms with van der Waals surface area (Å²) >= 11 is 3.26. The lowest BCUT2D eigenvalue weighted by Crippen LogP contribution is -2.24. The maximum Gasteiger partial charge on any atom is 0.283 e. The molecule has 0 amide bonds. The van der Waals surface area contributed by atoms with Crippen molar-refractivity contribution in [2.24, 2.45) is 0 Å². The summed E-state index contributed by atoms with van der Waals surface area (Å²) in [5.74, 6) is 0.789. The van der Waals surface area contributed by atoms with Crippen LogP contribution in [-0.2, 0) is 13.1 Å². The molecule has 6 nitrogen and oxygen atoms in total. The molecule has 94 valence electrons. The van der Waals surface area contributed by atoms with E-state index in [1.165, 1.54) is 4.68 Å². The van der Waals surface area contributed by atoms with E-state index in [-0.39, 0.29) is 5.56 Å². The van der Waals surface area contributed by atoms with Crippen molar-refractivity contribution < 1.29 is 0 Å². The van der Waals surface area contributed by atoms with Crippen LogP contribution >= 0.6 is 15.9 Å². The van der Waals surface area contributed by atoms with Crippen LogP contribution in [0.1, 0.15) is 5.82 Å². The third-order valence-corrected chi connectivity index (χ3v) is 3.05. The molecule has 7 heteroatoms. The molecule has 0 aliphatic heterocycles. The van der Waals surface area contributed by atoms with Crippen LogP contribution in [0.15, 0.2) is 40.5 Å². The number of allylic oxidation sites excluding steroid dienone is 1. The van der Waals surface area contributed by atoms with Gasteiger partial charge in [0.1, 0.15) is 10.3 Å². The number of anilines is 1. The van der Waals surface area contributed by atoms with Crippen molar-refractivity contribution in [1.29, 1.82) is 0 Å². The van der Waals surface area contributed by atoms with E-state index in [0.29, 0.717) is 23.2 Å². The van der Waals surface area contributed by atoms with E-state index in [0.717, 1.165) is 5.82 Å². The zero-order valence-corrected chi connectivity index (χ0v) is 11.1. The highest BCUT2D eigenvalue weighted by Crippen LogP contribution is 2.16. The van der Waals surface area contributed by atoms with Gasteiger partial charge in [-0.15, -0.1) is 6.58 Å². The zero-order valence-electron chi connectivity index (χ0n) is 9.56. The van der Waals surface area contributed by atoms with Gasteiger partial charge in [0.05, 0.1) is 25.0 Å². The average molecular weight is 310 g/mol. The summed E-state index contributed by atoms with van der Waals surface area (Å²) in [5, 5.41) is 7.12. The number of hydrogen-bond donors (Lipinski definition) is 2. The minimum atomic E-state index is -0.195. The van der Waals surface area contributed by atoms with Crippen LogP contribution in [0.4, 0.5) is 5.69 Å². The molecule has 2 heterocycles. The van der Waals surface area contributed by atoms with E-state index in [2.05, 4.69) is 42.9 Å². The standard InChI is InChI=1S/C11H12BrN5O/c1-2-5-17-11(18)10(12)8(6-16-17)15-7-9-13-3-4-14-9/h2-4,6,15H,1,5,7H2,(H,13,14). The van der Waals surface area contributed by atoms with Crippen LogP contribution < -0.4 is 10.9 Å². The van der Waals surface area contributed by atoms with Gasteiger partial charge in [0, 0.05) is 12.4 Å². The number of halogens is 1. The number of imidazole rings is 1. The van der Waals surface area contributed by atoms with Crippen LogP contribution in [0.3, 0.4) is 0 Å². The Labute approximate surface area is 112 Å². The third-order valence-electron chi connectivity index (χ3n) is 2.29. The van der Waals surface area contributed by atoms with Crippen molar-refractivity contribution in [2.75, 3.05) is 5.32 Å². The summed E-state index contributed by atoms with van der Waals surface area (Å²) in [6, 6.07) is 0. The van der Waals surface area contributed by atoms with Gasteiger partial charge in [0.15, 0.2) is 0 Å². The Morgan fingerprint density at radius 1 is 1.61 bits per heavy atom. The lowest BCUT2D eigenvalue weighted by molar-refractivity contribution is 0.648. The van der Waals surface area contributed by atoms with Crippen LogP contribution in [0, 0.1) is 0 Å². The highest BCUT2D eigenvalue weighted by Gasteiger charge is 2.08. The topological polar surface area (TPSA) is 75.6 Å². The first kappa shape index (κ1) is 12.6. The van der Waals surface area contributed by atoms with Gasteiger partial charge < -0.3 is 10.3 Å². The normalized spacial score (nSPS) is 10.3. The Bertz CT molecular complexity index is 590. The first-order chi connectivity index (χ1) is 8.72. The number of aromatic amines is 1. The van der Waals surface area contributed by atoms with Gasteiger partial charge in [-0.1, -0.05) is 6.08 Å². The highest BCUT2D eigenvalue weighted by molar-refractivity contribution is 9.10.